The van der Waals surface area contributed by atoms with Gasteiger partial charge in [-0.15, -0.1) is 0 Å². The smallest absolute Gasteiger partial charge is 0.337 e. The Labute approximate surface area is 203 Å². The molecule has 11 heteroatoms. The van der Waals surface area contributed by atoms with Crippen molar-refractivity contribution >= 4 is 28.7 Å². The maximum absolute atomic E-state index is 12.8. The SMILES string of the molecule is CCOC(=O)C(O)C(C(=O)OCC)N(C)c1cn(COCc2ccccc2)c2c(OC)ncnc12. The average Bonchev–Trinajstić information content (AvgIpc) is 3.24. The number of nitrogens with zero attached hydrogens (tertiary/aromatic N) is 4. The maximum atomic E-state index is 12.8. The molecular weight excluding hydrogens is 456 g/mol. The van der Waals surface area contributed by atoms with E-state index >= 15 is 0 Å². The zero-order chi connectivity index (χ0) is 25.4. The summed E-state index contributed by atoms with van der Waals surface area (Å²) in [5, 5.41) is 10.7. The van der Waals surface area contributed by atoms with Gasteiger partial charge in [0.15, 0.2) is 12.1 Å². The molecule has 2 aromatic heterocycles. The van der Waals surface area contributed by atoms with Gasteiger partial charge in [-0.2, -0.15) is 4.98 Å². The summed E-state index contributed by atoms with van der Waals surface area (Å²) >= 11 is 0. The first-order chi connectivity index (χ1) is 16.9. The standard InChI is InChI=1S/C24H30N4O7/c1-5-34-23(30)20(21(29)24(31)35-6-2)27(3)17-12-28(15-33-13-16-10-8-7-9-11-16)19-18(17)25-14-26-22(19)32-4/h7-12,14,20-21,29H,5-6,13,15H2,1-4H3. The van der Waals surface area contributed by atoms with Gasteiger partial charge in [0.2, 0.25) is 5.88 Å². The molecule has 0 radical (unpaired) electrons. The lowest BCUT2D eigenvalue weighted by Crippen LogP contribution is -2.52. The number of aliphatic hydroxyl groups is 1. The summed E-state index contributed by atoms with van der Waals surface area (Å²) in [6.07, 6.45) is 1.24. The van der Waals surface area contributed by atoms with Crippen LogP contribution in [0.15, 0.2) is 42.9 Å². The predicted molar refractivity (Wildman–Crippen MR) is 127 cm³/mol. The second kappa shape index (κ2) is 12.1. The number of hydrogen-bond acceptors (Lipinski definition) is 10. The van der Waals surface area contributed by atoms with Gasteiger partial charge in [0, 0.05) is 13.2 Å². The predicted octanol–water partition coefficient (Wildman–Crippen LogP) is 1.91. The fraction of sp³-hybridized carbons (Fsp3) is 0.417. The monoisotopic (exact) mass is 486 g/mol. The van der Waals surface area contributed by atoms with Crippen LogP contribution in [-0.4, -0.2) is 71.1 Å². The highest BCUT2D eigenvalue weighted by atomic mass is 16.6. The second-order valence-corrected chi connectivity index (χ2v) is 7.53. The number of rotatable bonds is 12. The Morgan fingerprint density at radius 1 is 1.09 bits per heavy atom. The van der Waals surface area contributed by atoms with Gasteiger partial charge in [-0.1, -0.05) is 30.3 Å². The first-order valence-corrected chi connectivity index (χ1v) is 11.2. The zero-order valence-electron chi connectivity index (χ0n) is 20.2. The summed E-state index contributed by atoms with van der Waals surface area (Å²) in [6, 6.07) is 8.32. The molecule has 2 unspecified atom stereocenters. The third-order valence-electron chi connectivity index (χ3n) is 5.28. The second-order valence-electron chi connectivity index (χ2n) is 7.53. The molecule has 3 aromatic rings. The number of likely N-dealkylation sites (N-methyl/N-ethyl adjacent to an activating group) is 1. The van der Waals surface area contributed by atoms with Gasteiger partial charge >= 0.3 is 11.9 Å². The first-order valence-electron chi connectivity index (χ1n) is 11.2. The van der Waals surface area contributed by atoms with Crippen LogP contribution in [-0.2, 0) is 37.1 Å². The van der Waals surface area contributed by atoms with Gasteiger partial charge in [-0.05, 0) is 19.4 Å². The third kappa shape index (κ3) is 5.87. The van der Waals surface area contributed by atoms with E-state index in [2.05, 4.69) is 9.97 Å². The molecule has 1 aromatic carbocycles. The molecule has 188 valence electrons. The number of carbonyl (C=O) groups excluding carboxylic acids is 2. The molecule has 0 saturated carbocycles. The summed E-state index contributed by atoms with van der Waals surface area (Å²) < 4.78 is 23.1. The van der Waals surface area contributed by atoms with E-state index in [1.807, 2.05) is 30.3 Å². The van der Waals surface area contributed by atoms with E-state index < -0.39 is 24.1 Å². The highest BCUT2D eigenvalue weighted by Crippen LogP contribution is 2.33. The largest absolute Gasteiger partial charge is 0.479 e. The zero-order valence-corrected chi connectivity index (χ0v) is 20.2. The molecular formula is C24H30N4O7. The first kappa shape index (κ1) is 25.9. The Hall–Kier alpha value is -3.70. The fourth-order valence-electron chi connectivity index (χ4n) is 3.66. The van der Waals surface area contributed by atoms with Crippen molar-refractivity contribution in [2.45, 2.75) is 39.3 Å². The highest BCUT2D eigenvalue weighted by Gasteiger charge is 2.39. The lowest BCUT2D eigenvalue weighted by atomic mass is 10.1. The third-order valence-corrected chi connectivity index (χ3v) is 5.28. The molecule has 0 aliphatic rings. The van der Waals surface area contributed by atoms with E-state index in [4.69, 9.17) is 18.9 Å². The van der Waals surface area contributed by atoms with Gasteiger partial charge in [0.1, 0.15) is 24.1 Å². The van der Waals surface area contributed by atoms with E-state index in [0.29, 0.717) is 29.2 Å². The van der Waals surface area contributed by atoms with E-state index in [1.165, 1.54) is 18.3 Å². The van der Waals surface area contributed by atoms with Crippen molar-refractivity contribution in [3.8, 4) is 5.88 Å². The molecule has 35 heavy (non-hydrogen) atoms. The number of anilines is 1. The van der Waals surface area contributed by atoms with Crippen LogP contribution in [0.5, 0.6) is 5.88 Å². The van der Waals surface area contributed by atoms with E-state index in [1.54, 1.807) is 31.7 Å². The van der Waals surface area contributed by atoms with Crippen molar-refractivity contribution in [1.82, 2.24) is 14.5 Å². The minimum absolute atomic E-state index is 0.0532. The van der Waals surface area contributed by atoms with E-state index in [0.717, 1.165) is 5.56 Å². The number of benzene rings is 1. The summed E-state index contributed by atoms with van der Waals surface area (Å²) in [7, 11) is 3.04. The van der Waals surface area contributed by atoms with Crippen LogP contribution in [0.25, 0.3) is 11.0 Å². The van der Waals surface area contributed by atoms with Gasteiger partial charge < -0.3 is 33.5 Å². The summed E-state index contributed by atoms with van der Waals surface area (Å²) in [5.41, 5.74) is 2.40. The molecule has 2 heterocycles. The molecule has 0 saturated heterocycles. The van der Waals surface area contributed by atoms with Crippen molar-refractivity contribution in [2.75, 3.05) is 32.3 Å². The normalized spacial score (nSPS) is 12.7. The van der Waals surface area contributed by atoms with Crippen LogP contribution in [0.1, 0.15) is 19.4 Å². The number of methoxy groups -OCH3 is 1. The molecule has 0 aliphatic heterocycles. The summed E-state index contributed by atoms with van der Waals surface area (Å²) in [5.74, 6) is -1.41. The fourth-order valence-corrected chi connectivity index (χ4v) is 3.66. The number of ether oxygens (including phenoxy) is 4. The number of esters is 2. The number of aliphatic hydroxyl groups excluding tert-OH is 1. The van der Waals surface area contributed by atoms with Crippen LogP contribution >= 0.6 is 0 Å². The van der Waals surface area contributed by atoms with Crippen LogP contribution in [0.3, 0.4) is 0 Å². The molecule has 0 amide bonds. The Morgan fingerprint density at radius 3 is 2.43 bits per heavy atom. The number of aromatic nitrogens is 3. The minimum atomic E-state index is -1.78. The van der Waals surface area contributed by atoms with Crippen LogP contribution in [0, 0.1) is 0 Å². The van der Waals surface area contributed by atoms with Crippen molar-refractivity contribution in [3.05, 3.63) is 48.4 Å². The van der Waals surface area contributed by atoms with Crippen LogP contribution < -0.4 is 9.64 Å². The van der Waals surface area contributed by atoms with Gasteiger partial charge in [0.05, 0.1) is 32.6 Å². The van der Waals surface area contributed by atoms with Crippen LogP contribution in [0.2, 0.25) is 0 Å². The van der Waals surface area contributed by atoms with Crippen LogP contribution in [0.4, 0.5) is 5.69 Å². The van der Waals surface area contributed by atoms with Gasteiger partial charge in [-0.25, -0.2) is 14.6 Å². The van der Waals surface area contributed by atoms with Crippen molar-refractivity contribution < 1.29 is 33.6 Å². The van der Waals surface area contributed by atoms with Gasteiger partial charge in [0.25, 0.3) is 0 Å². The highest BCUT2D eigenvalue weighted by molar-refractivity contribution is 5.96. The van der Waals surface area contributed by atoms with E-state index in [-0.39, 0.29) is 19.9 Å². The minimum Gasteiger partial charge on any atom is -0.479 e. The molecule has 2 atom stereocenters. The quantitative estimate of drug-likeness (QED) is 0.380. The number of fused-ring (bicyclic) bond motifs is 1. The maximum Gasteiger partial charge on any atom is 0.337 e. The average molecular weight is 487 g/mol. The molecule has 0 spiro atoms. The Balaban J connectivity index is 1.98. The molecule has 0 fully saturated rings. The Kier molecular flexibility index (Phi) is 8.98. The van der Waals surface area contributed by atoms with Gasteiger partial charge in [-0.3, -0.25) is 0 Å². The Morgan fingerprint density at radius 2 is 1.77 bits per heavy atom. The molecule has 3 rings (SSSR count). The topological polar surface area (TPSA) is 125 Å². The molecule has 0 bridgehead atoms. The molecule has 11 nitrogen and oxygen atoms in total. The summed E-state index contributed by atoms with van der Waals surface area (Å²) in [6.45, 7) is 3.88. The Bertz CT molecular complexity index is 1140. The van der Waals surface area contributed by atoms with Crippen molar-refractivity contribution in [2.24, 2.45) is 0 Å². The number of hydrogen-bond donors (Lipinski definition) is 1. The van der Waals surface area contributed by atoms with E-state index in [9.17, 15) is 14.7 Å². The van der Waals surface area contributed by atoms with Crippen molar-refractivity contribution in [3.63, 3.8) is 0 Å². The lowest BCUT2D eigenvalue weighted by Gasteiger charge is -2.29. The lowest BCUT2D eigenvalue weighted by molar-refractivity contribution is -0.161. The summed E-state index contributed by atoms with van der Waals surface area (Å²) in [4.78, 5) is 35.1. The van der Waals surface area contributed by atoms with Crippen molar-refractivity contribution in [1.29, 1.82) is 0 Å². The molecule has 1 N–H and O–H groups in total. The molecule has 0 aliphatic carbocycles. The number of carbonyl (C=O) groups is 2.